The fourth-order valence-corrected chi connectivity index (χ4v) is 1.63. The number of hydrogen-bond donors (Lipinski definition) is 1. The minimum atomic E-state index is -0.868. The first-order valence-corrected chi connectivity index (χ1v) is 5.76. The normalized spacial score (nSPS) is 11.6. The van der Waals surface area contributed by atoms with Crippen LogP contribution in [0.4, 0.5) is 4.39 Å². The standard InChI is InChI=1S/C15H12FNO2/c16-13-7-5-11(6-8-13)14(18)10-19-15-4-2-1-3-12(15)9-17/h1-8,14,18H,10H2. The fourth-order valence-electron chi connectivity index (χ4n) is 1.63. The van der Waals surface area contributed by atoms with Crippen LogP contribution in [-0.4, -0.2) is 11.7 Å². The Morgan fingerprint density at radius 1 is 1.16 bits per heavy atom. The van der Waals surface area contributed by atoms with E-state index in [4.69, 9.17) is 10.00 Å². The Hall–Kier alpha value is -2.38. The quantitative estimate of drug-likeness (QED) is 0.916. The highest BCUT2D eigenvalue weighted by Gasteiger charge is 2.10. The second kappa shape index (κ2) is 5.98. The molecule has 0 fully saturated rings. The number of rotatable bonds is 4. The molecule has 0 heterocycles. The number of nitrogens with zero attached hydrogens (tertiary/aromatic N) is 1. The van der Waals surface area contributed by atoms with Gasteiger partial charge >= 0.3 is 0 Å². The van der Waals surface area contributed by atoms with Crippen LogP contribution in [0.25, 0.3) is 0 Å². The van der Waals surface area contributed by atoms with Crippen LogP contribution in [0, 0.1) is 17.1 Å². The summed E-state index contributed by atoms with van der Waals surface area (Å²) in [5, 5.41) is 18.8. The van der Waals surface area contributed by atoms with Crippen LogP contribution in [0.5, 0.6) is 5.75 Å². The van der Waals surface area contributed by atoms with Crippen molar-refractivity contribution in [3.8, 4) is 11.8 Å². The van der Waals surface area contributed by atoms with Crippen molar-refractivity contribution in [1.82, 2.24) is 0 Å². The molecular formula is C15H12FNO2. The van der Waals surface area contributed by atoms with Crippen molar-refractivity contribution in [1.29, 1.82) is 5.26 Å². The molecule has 0 bridgehead atoms. The lowest BCUT2D eigenvalue weighted by Crippen LogP contribution is -2.10. The first kappa shape index (κ1) is 13.1. The lowest BCUT2D eigenvalue weighted by atomic mass is 10.1. The molecular weight excluding hydrogens is 245 g/mol. The predicted octanol–water partition coefficient (Wildman–Crippen LogP) is 2.81. The lowest BCUT2D eigenvalue weighted by molar-refractivity contribution is 0.108. The molecule has 0 aliphatic rings. The monoisotopic (exact) mass is 257 g/mol. The van der Waals surface area contributed by atoms with Crippen LogP contribution in [0.3, 0.4) is 0 Å². The Labute approximate surface area is 110 Å². The van der Waals surface area contributed by atoms with E-state index in [2.05, 4.69) is 0 Å². The van der Waals surface area contributed by atoms with Crippen molar-refractivity contribution in [2.24, 2.45) is 0 Å². The zero-order valence-corrected chi connectivity index (χ0v) is 10.1. The van der Waals surface area contributed by atoms with Crippen molar-refractivity contribution in [3.05, 3.63) is 65.5 Å². The Morgan fingerprint density at radius 3 is 2.53 bits per heavy atom. The Morgan fingerprint density at radius 2 is 1.84 bits per heavy atom. The van der Waals surface area contributed by atoms with E-state index >= 15 is 0 Å². The van der Waals surface area contributed by atoms with Gasteiger partial charge in [0.25, 0.3) is 0 Å². The molecule has 1 atom stereocenters. The number of hydrogen-bond acceptors (Lipinski definition) is 3. The molecule has 2 rings (SSSR count). The summed E-state index contributed by atoms with van der Waals surface area (Å²) in [5.74, 6) is 0.0675. The van der Waals surface area contributed by atoms with Gasteiger partial charge in [0.05, 0.1) is 5.56 Å². The molecule has 2 aromatic rings. The second-order valence-corrected chi connectivity index (χ2v) is 3.99. The highest BCUT2D eigenvalue weighted by Crippen LogP contribution is 2.20. The van der Waals surface area contributed by atoms with E-state index < -0.39 is 6.10 Å². The Bertz CT molecular complexity index is 590. The number of ether oxygens (including phenoxy) is 1. The van der Waals surface area contributed by atoms with E-state index in [1.165, 1.54) is 24.3 Å². The highest BCUT2D eigenvalue weighted by molar-refractivity contribution is 5.42. The lowest BCUT2D eigenvalue weighted by Gasteiger charge is -2.13. The maximum Gasteiger partial charge on any atom is 0.137 e. The van der Waals surface area contributed by atoms with Gasteiger partial charge in [-0.2, -0.15) is 5.26 Å². The first-order chi connectivity index (χ1) is 9.20. The molecule has 0 aromatic heterocycles. The molecule has 0 saturated heterocycles. The van der Waals surface area contributed by atoms with Gasteiger partial charge in [0.2, 0.25) is 0 Å². The SMILES string of the molecule is N#Cc1ccccc1OCC(O)c1ccc(F)cc1. The highest BCUT2D eigenvalue weighted by atomic mass is 19.1. The zero-order valence-electron chi connectivity index (χ0n) is 10.1. The molecule has 0 amide bonds. The van der Waals surface area contributed by atoms with Gasteiger partial charge in [-0.15, -0.1) is 0 Å². The fraction of sp³-hybridized carbons (Fsp3) is 0.133. The van der Waals surface area contributed by atoms with E-state index in [0.29, 0.717) is 16.9 Å². The van der Waals surface area contributed by atoms with Crippen molar-refractivity contribution in [2.45, 2.75) is 6.10 Å². The van der Waals surface area contributed by atoms with E-state index in [1.54, 1.807) is 24.3 Å². The number of aliphatic hydroxyl groups excluding tert-OH is 1. The van der Waals surface area contributed by atoms with Gasteiger partial charge in [0.15, 0.2) is 0 Å². The number of benzene rings is 2. The third-order valence-corrected chi connectivity index (χ3v) is 2.66. The summed E-state index contributed by atoms with van der Waals surface area (Å²) in [7, 11) is 0. The molecule has 0 aliphatic carbocycles. The molecule has 0 aliphatic heterocycles. The van der Waals surface area contributed by atoms with Gasteiger partial charge in [-0.1, -0.05) is 24.3 Å². The van der Waals surface area contributed by atoms with Gasteiger partial charge in [0.1, 0.15) is 30.3 Å². The van der Waals surface area contributed by atoms with Gasteiger partial charge in [-0.25, -0.2) is 4.39 Å². The molecule has 0 radical (unpaired) electrons. The molecule has 0 saturated carbocycles. The minimum Gasteiger partial charge on any atom is -0.489 e. The number of nitriles is 1. The second-order valence-electron chi connectivity index (χ2n) is 3.99. The summed E-state index contributed by atoms with van der Waals surface area (Å²) in [4.78, 5) is 0. The topological polar surface area (TPSA) is 53.2 Å². The number of aliphatic hydroxyl groups is 1. The van der Waals surface area contributed by atoms with Gasteiger partial charge in [-0.3, -0.25) is 0 Å². The third kappa shape index (κ3) is 3.30. The zero-order chi connectivity index (χ0) is 13.7. The average Bonchev–Trinajstić information content (AvgIpc) is 2.45. The smallest absolute Gasteiger partial charge is 0.137 e. The van der Waals surface area contributed by atoms with Gasteiger partial charge in [0, 0.05) is 0 Å². The molecule has 2 aromatic carbocycles. The van der Waals surface area contributed by atoms with E-state index in [0.717, 1.165) is 0 Å². The predicted molar refractivity (Wildman–Crippen MR) is 68.0 cm³/mol. The summed E-state index contributed by atoms with van der Waals surface area (Å²) in [6, 6.07) is 14.4. The summed E-state index contributed by atoms with van der Waals surface area (Å²) >= 11 is 0. The van der Waals surface area contributed by atoms with Crippen LogP contribution in [0.2, 0.25) is 0 Å². The molecule has 19 heavy (non-hydrogen) atoms. The van der Waals surface area contributed by atoms with E-state index in [-0.39, 0.29) is 12.4 Å². The van der Waals surface area contributed by atoms with Crippen LogP contribution < -0.4 is 4.74 Å². The summed E-state index contributed by atoms with van der Waals surface area (Å²) in [5.41, 5.74) is 0.977. The Kier molecular flexibility index (Phi) is 4.11. The third-order valence-electron chi connectivity index (χ3n) is 2.66. The number of halogens is 1. The maximum absolute atomic E-state index is 12.8. The first-order valence-electron chi connectivity index (χ1n) is 5.76. The summed E-state index contributed by atoms with van der Waals surface area (Å²) in [6.07, 6.45) is -0.868. The van der Waals surface area contributed by atoms with Gasteiger partial charge in [-0.05, 0) is 29.8 Å². The summed E-state index contributed by atoms with van der Waals surface area (Å²) < 4.78 is 18.2. The molecule has 3 nitrogen and oxygen atoms in total. The van der Waals surface area contributed by atoms with Crippen LogP contribution in [-0.2, 0) is 0 Å². The van der Waals surface area contributed by atoms with Crippen LogP contribution in [0.15, 0.2) is 48.5 Å². The number of para-hydroxylation sites is 1. The van der Waals surface area contributed by atoms with Crippen molar-refractivity contribution >= 4 is 0 Å². The summed E-state index contributed by atoms with van der Waals surface area (Å²) in [6.45, 7) is 0.00429. The van der Waals surface area contributed by atoms with Gasteiger partial charge < -0.3 is 9.84 Å². The molecule has 96 valence electrons. The largest absolute Gasteiger partial charge is 0.489 e. The van der Waals surface area contributed by atoms with Crippen molar-refractivity contribution < 1.29 is 14.2 Å². The van der Waals surface area contributed by atoms with Crippen molar-refractivity contribution in [2.75, 3.05) is 6.61 Å². The molecule has 1 unspecified atom stereocenters. The van der Waals surface area contributed by atoms with Crippen molar-refractivity contribution in [3.63, 3.8) is 0 Å². The van der Waals surface area contributed by atoms with E-state index in [9.17, 15) is 9.50 Å². The molecule has 4 heteroatoms. The van der Waals surface area contributed by atoms with E-state index in [1.807, 2.05) is 6.07 Å². The van der Waals surface area contributed by atoms with Crippen LogP contribution >= 0.6 is 0 Å². The Balaban J connectivity index is 2.02. The minimum absolute atomic E-state index is 0.00429. The molecule has 1 N–H and O–H groups in total. The molecule has 0 spiro atoms. The van der Waals surface area contributed by atoms with Crippen LogP contribution in [0.1, 0.15) is 17.2 Å². The maximum atomic E-state index is 12.8. The average molecular weight is 257 g/mol.